The van der Waals surface area contributed by atoms with E-state index in [9.17, 15) is 4.79 Å². The summed E-state index contributed by atoms with van der Waals surface area (Å²) in [5.74, 6) is 1.35. The van der Waals surface area contributed by atoms with Gasteiger partial charge in [-0.15, -0.1) is 12.4 Å². The molecule has 0 spiro atoms. The number of methoxy groups -OCH3 is 2. The average molecular weight is 506 g/mol. The van der Waals surface area contributed by atoms with Crippen molar-refractivity contribution in [3.05, 3.63) is 47.0 Å². The quantitative estimate of drug-likeness (QED) is 0.441. The fourth-order valence-corrected chi connectivity index (χ4v) is 5.30. The number of thiazole rings is 1. The lowest BCUT2D eigenvalue weighted by molar-refractivity contribution is 0.0376. The summed E-state index contributed by atoms with van der Waals surface area (Å²) in [7, 11) is 3.27. The third-order valence-electron chi connectivity index (χ3n) is 5.80. The van der Waals surface area contributed by atoms with Crippen LogP contribution in [0.5, 0.6) is 11.5 Å². The number of halogens is 1. The zero-order valence-corrected chi connectivity index (χ0v) is 21.8. The number of carbonyl (C=O) groups excluding carboxylic acids is 1. The van der Waals surface area contributed by atoms with E-state index in [0.29, 0.717) is 28.5 Å². The number of benzene rings is 2. The number of rotatable bonds is 8. The number of morpholine rings is 1. The summed E-state index contributed by atoms with van der Waals surface area (Å²) in [5.41, 5.74) is 3.53. The van der Waals surface area contributed by atoms with Gasteiger partial charge in [0, 0.05) is 31.7 Å². The summed E-state index contributed by atoms with van der Waals surface area (Å²) >= 11 is 1.46. The maximum Gasteiger partial charge on any atom is 0.260 e. The van der Waals surface area contributed by atoms with E-state index in [1.165, 1.54) is 11.3 Å². The van der Waals surface area contributed by atoms with Crippen LogP contribution in [0.2, 0.25) is 0 Å². The van der Waals surface area contributed by atoms with Gasteiger partial charge in [-0.1, -0.05) is 28.5 Å². The van der Waals surface area contributed by atoms with Crippen LogP contribution in [0.1, 0.15) is 27.9 Å². The third kappa shape index (κ3) is 5.81. The highest BCUT2D eigenvalue weighted by atomic mass is 35.5. The second-order valence-corrected chi connectivity index (χ2v) is 9.26. The number of fused-ring (bicyclic) bond motifs is 1. The monoisotopic (exact) mass is 505 g/mol. The molecule has 0 saturated carbocycles. The zero-order chi connectivity index (χ0) is 23.4. The molecule has 0 N–H and O–H groups in total. The van der Waals surface area contributed by atoms with Crippen LogP contribution in [-0.2, 0) is 4.74 Å². The van der Waals surface area contributed by atoms with E-state index in [1.54, 1.807) is 19.1 Å². The summed E-state index contributed by atoms with van der Waals surface area (Å²) in [4.78, 5) is 22.7. The van der Waals surface area contributed by atoms with Gasteiger partial charge in [0.05, 0.1) is 27.4 Å². The molecule has 1 fully saturated rings. The molecular weight excluding hydrogens is 474 g/mol. The molecule has 0 bridgehead atoms. The largest absolute Gasteiger partial charge is 0.495 e. The lowest BCUT2D eigenvalue weighted by Gasteiger charge is -2.27. The molecule has 2 aromatic carbocycles. The van der Waals surface area contributed by atoms with Crippen molar-refractivity contribution in [2.24, 2.45) is 0 Å². The highest BCUT2D eigenvalue weighted by Gasteiger charge is 2.24. The van der Waals surface area contributed by atoms with E-state index in [1.807, 2.05) is 38.1 Å². The van der Waals surface area contributed by atoms with Crippen molar-refractivity contribution in [1.82, 2.24) is 9.88 Å². The van der Waals surface area contributed by atoms with Crippen molar-refractivity contribution < 1.29 is 19.0 Å². The molecule has 9 heteroatoms. The molecule has 34 heavy (non-hydrogen) atoms. The number of amides is 1. The van der Waals surface area contributed by atoms with Crippen molar-refractivity contribution >= 4 is 45.0 Å². The van der Waals surface area contributed by atoms with Crippen LogP contribution in [0.4, 0.5) is 5.13 Å². The van der Waals surface area contributed by atoms with Crippen molar-refractivity contribution in [2.75, 3.05) is 58.5 Å². The first-order valence-electron chi connectivity index (χ1n) is 11.2. The molecule has 1 aliphatic heterocycles. The highest BCUT2D eigenvalue weighted by molar-refractivity contribution is 7.22. The SMILES string of the molecule is COc1ccc(OC)c2sc(N(CCCN3CCOCC3)C(=O)c3cc(C)cc(C)c3)nc12.Cl. The van der Waals surface area contributed by atoms with Crippen molar-refractivity contribution in [2.45, 2.75) is 20.3 Å². The van der Waals surface area contributed by atoms with Gasteiger partial charge in [-0.25, -0.2) is 4.98 Å². The summed E-state index contributed by atoms with van der Waals surface area (Å²) < 4.78 is 17.4. The number of carbonyl (C=O) groups is 1. The molecule has 1 saturated heterocycles. The molecule has 3 aromatic rings. The van der Waals surface area contributed by atoms with Gasteiger partial charge in [0.25, 0.3) is 5.91 Å². The average Bonchev–Trinajstić information content (AvgIpc) is 3.26. The molecule has 7 nitrogen and oxygen atoms in total. The van der Waals surface area contributed by atoms with E-state index in [0.717, 1.165) is 60.8 Å². The van der Waals surface area contributed by atoms with Gasteiger partial charge in [-0.3, -0.25) is 14.6 Å². The lowest BCUT2D eigenvalue weighted by Crippen LogP contribution is -2.39. The number of anilines is 1. The predicted molar refractivity (Wildman–Crippen MR) is 139 cm³/mol. The summed E-state index contributed by atoms with van der Waals surface area (Å²) in [5, 5.41) is 0.652. The Bertz CT molecular complexity index is 1070. The Labute approximate surface area is 211 Å². The van der Waals surface area contributed by atoms with Gasteiger partial charge in [0.1, 0.15) is 21.7 Å². The van der Waals surface area contributed by atoms with Crippen LogP contribution in [0.15, 0.2) is 30.3 Å². The lowest BCUT2D eigenvalue weighted by atomic mass is 10.1. The summed E-state index contributed by atoms with van der Waals surface area (Å²) in [6.07, 6.45) is 0.848. The van der Waals surface area contributed by atoms with Gasteiger partial charge >= 0.3 is 0 Å². The van der Waals surface area contributed by atoms with Gasteiger partial charge in [-0.05, 0) is 44.5 Å². The summed E-state index contributed by atoms with van der Waals surface area (Å²) in [6, 6.07) is 9.68. The predicted octanol–water partition coefficient (Wildman–Crippen LogP) is 4.72. The molecule has 184 valence electrons. The molecule has 1 aromatic heterocycles. The Hall–Kier alpha value is -2.39. The second kappa shape index (κ2) is 11.8. The number of hydrogen-bond acceptors (Lipinski definition) is 7. The Morgan fingerprint density at radius 1 is 1.09 bits per heavy atom. The van der Waals surface area contributed by atoms with Crippen LogP contribution < -0.4 is 14.4 Å². The number of ether oxygens (including phenoxy) is 3. The number of hydrogen-bond donors (Lipinski definition) is 0. The first kappa shape index (κ1) is 26.2. The number of aromatic nitrogens is 1. The molecule has 1 aliphatic rings. The summed E-state index contributed by atoms with van der Waals surface area (Å²) in [6.45, 7) is 8.91. The van der Waals surface area contributed by atoms with Crippen molar-refractivity contribution in [3.8, 4) is 11.5 Å². The van der Waals surface area contributed by atoms with Crippen molar-refractivity contribution in [3.63, 3.8) is 0 Å². The fraction of sp³-hybridized carbons (Fsp3) is 0.440. The maximum atomic E-state index is 13.7. The standard InChI is InChI=1S/C25H31N3O4S.ClH/c1-17-14-18(2)16-19(15-17)24(29)28(9-5-8-27-10-12-32-13-11-27)25-26-22-20(30-3)6-7-21(31-4)23(22)33-25;/h6-7,14-16H,5,8-13H2,1-4H3;1H. The van der Waals surface area contributed by atoms with E-state index >= 15 is 0 Å². The van der Waals surface area contributed by atoms with E-state index in [-0.39, 0.29) is 18.3 Å². The van der Waals surface area contributed by atoms with E-state index < -0.39 is 0 Å². The second-order valence-electron chi connectivity index (χ2n) is 8.28. The molecule has 0 radical (unpaired) electrons. The molecule has 2 heterocycles. The molecule has 4 rings (SSSR count). The molecule has 0 unspecified atom stereocenters. The molecule has 0 aliphatic carbocycles. The fourth-order valence-electron chi connectivity index (χ4n) is 4.21. The number of nitrogens with zero attached hydrogens (tertiary/aromatic N) is 3. The van der Waals surface area contributed by atoms with Crippen LogP contribution >= 0.6 is 23.7 Å². The van der Waals surface area contributed by atoms with Gasteiger partial charge in [-0.2, -0.15) is 0 Å². The van der Waals surface area contributed by atoms with Crippen LogP contribution in [0, 0.1) is 13.8 Å². The van der Waals surface area contributed by atoms with Gasteiger partial charge in [0.2, 0.25) is 0 Å². The van der Waals surface area contributed by atoms with Gasteiger partial charge in [0.15, 0.2) is 5.13 Å². The molecular formula is C25H32ClN3O4S. The van der Waals surface area contributed by atoms with E-state index in [2.05, 4.69) is 11.0 Å². The first-order chi connectivity index (χ1) is 16.0. The Balaban J connectivity index is 0.00000324. The van der Waals surface area contributed by atoms with Crippen LogP contribution in [-0.4, -0.2) is 69.4 Å². The zero-order valence-electron chi connectivity index (χ0n) is 20.1. The minimum Gasteiger partial charge on any atom is -0.495 e. The van der Waals surface area contributed by atoms with Crippen LogP contribution in [0.25, 0.3) is 10.2 Å². The highest BCUT2D eigenvalue weighted by Crippen LogP contribution is 2.40. The minimum atomic E-state index is -0.0410. The first-order valence-corrected chi connectivity index (χ1v) is 12.0. The smallest absolute Gasteiger partial charge is 0.260 e. The third-order valence-corrected chi connectivity index (χ3v) is 6.90. The topological polar surface area (TPSA) is 64.1 Å². The Morgan fingerprint density at radius 3 is 2.38 bits per heavy atom. The molecule has 1 amide bonds. The Morgan fingerprint density at radius 2 is 1.74 bits per heavy atom. The number of aryl methyl sites for hydroxylation is 2. The Kier molecular flexibility index (Phi) is 9.13. The molecule has 0 atom stereocenters. The normalized spacial score (nSPS) is 14.0. The van der Waals surface area contributed by atoms with E-state index in [4.69, 9.17) is 19.2 Å². The van der Waals surface area contributed by atoms with Crippen LogP contribution in [0.3, 0.4) is 0 Å². The minimum absolute atomic E-state index is 0. The van der Waals surface area contributed by atoms with Gasteiger partial charge < -0.3 is 14.2 Å². The maximum absolute atomic E-state index is 13.7. The van der Waals surface area contributed by atoms with Crippen molar-refractivity contribution in [1.29, 1.82) is 0 Å².